The van der Waals surface area contributed by atoms with Crippen molar-refractivity contribution in [3.05, 3.63) is 36.0 Å². The number of nitrogens with one attached hydrogen (secondary N) is 1. The largest absolute Gasteiger partial charge is 0.399 e. The lowest BCUT2D eigenvalue weighted by Crippen LogP contribution is -2.23. The number of nitrogen functional groups attached to an aromatic ring is 1. The van der Waals surface area contributed by atoms with E-state index >= 15 is 0 Å². The Balaban J connectivity index is 2.37. The van der Waals surface area contributed by atoms with Gasteiger partial charge in [-0.3, -0.25) is 0 Å². The van der Waals surface area contributed by atoms with Crippen molar-refractivity contribution in [3.8, 4) is 0 Å². The SMILES string of the molecule is CCN(CC)c1cc(C(C)C)nc(Nc2cccc(N)c2)n1. The summed E-state index contributed by atoms with van der Waals surface area (Å²) >= 11 is 0. The van der Waals surface area contributed by atoms with Gasteiger partial charge in [-0.05, 0) is 38.0 Å². The summed E-state index contributed by atoms with van der Waals surface area (Å²) in [7, 11) is 0. The molecule has 0 unspecified atom stereocenters. The van der Waals surface area contributed by atoms with E-state index < -0.39 is 0 Å². The number of hydrogen-bond donors (Lipinski definition) is 2. The van der Waals surface area contributed by atoms with E-state index in [0.29, 0.717) is 17.6 Å². The van der Waals surface area contributed by atoms with Crippen LogP contribution in [0.3, 0.4) is 0 Å². The van der Waals surface area contributed by atoms with Crippen LogP contribution in [-0.2, 0) is 0 Å². The molecule has 0 aliphatic carbocycles. The highest BCUT2D eigenvalue weighted by Crippen LogP contribution is 2.23. The molecule has 0 saturated carbocycles. The fraction of sp³-hybridized carbons (Fsp3) is 0.412. The average Bonchev–Trinajstić information content (AvgIpc) is 2.48. The quantitative estimate of drug-likeness (QED) is 0.795. The van der Waals surface area contributed by atoms with Crippen LogP contribution in [0.2, 0.25) is 0 Å². The normalized spacial score (nSPS) is 10.8. The lowest BCUT2D eigenvalue weighted by atomic mass is 10.1. The van der Waals surface area contributed by atoms with Crippen LogP contribution in [0.15, 0.2) is 30.3 Å². The molecular formula is C17H25N5. The van der Waals surface area contributed by atoms with Gasteiger partial charge in [-0.25, -0.2) is 4.98 Å². The molecule has 2 aromatic rings. The number of hydrogen-bond acceptors (Lipinski definition) is 5. The van der Waals surface area contributed by atoms with Crippen molar-refractivity contribution in [3.63, 3.8) is 0 Å². The highest BCUT2D eigenvalue weighted by molar-refractivity contribution is 5.60. The van der Waals surface area contributed by atoms with Crippen molar-refractivity contribution in [2.75, 3.05) is 29.0 Å². The van der Waals surface area contributed by atoms with Crippen molar-refractivity contribution in [1.29, 1.82) is 0 Å². The molecule has 0 amide bonds. The number of nitrogens with two attached hydrogens (primary N) is 1. The van der Waals surface area contributed by atoms with Crippen molar-refractivity contribution in [2.45, 2.75) is 33.6 Å². The van der Waals surface area contributed by atoms with Gasteiger partial charge in [0.25, 0.3) is 0 Å². The summed E-state index contributed by atoms with van der Waals surface area (Å²) in [5.74, 6) is 1.91. The van der Waals surface area contributed by atoms with Crippen molar-refractivity contribution in [2.24, 2.45) is 0 Å². The molecule has 0 aliphatic rings. The zero-order valence-corrected chi connectivity index (χ0v) is 13.8. The first-order chi connectivity index (χ1) is 10.5. The van der Waals surface area contributed by atoms with Crippen LogP contribution >= 0.6 is 0 Å². The molecule has 118 valence electrons. The highest BCUT2D eigenvalue weighted by atomic mass is 15.2. The van der Waals surface area contributed by atoms with E-state index in [1.165, 1.54) is 0 Å². The van der Waals surface area contributed by atoms with Crippen molar-refractivity contribution in [1.82, 2.24) is 9.97 Å². The van der Waals surface area contributed by atoms with Crippen LogP contribution in [-0.4, -0.2) is 23.1 Å². The maximum absolute atomic E-state index is 5.82. The second-order valence-corrected chi connectivity index (χ2v) is 5.55. The molecule has 0 spiro atoms. The zero-order chi connectivity index (χ0) is 16.1. The van der Waals surface area contributed by atoms with Gasteiger partial charge in [-0.1, -0.05) is 19.9 Å². The maximum Gasteiger partial charge on any atom is 0.229 e. The predicted octanol–water partition coefficient (Wildman–Crippen LogP) is 3.77. The third kappa shape index (κ3) is 3.87. The Morgan fingerprint density at radius 3 is 2.45 bits per heavy atom. The van der Waals surface area contributed by atoms with E-state index in [2.05, 4.69) is 53.9 Å². The molecule has 0 atom stereocenters. The number of rotatable bonds is 6. The Morgan fingerprint density at radius 2 is 1.86 bits per heavy atom. The smallest absolute Gasteiger partial charge is 0.229 e. The predicted molar refractivity (Wildman–Crippen MR) is 93.8 cm³/mol. The summed E-state index contributed by atoms with van der Waals surface area (Å²) in [6.07, 6.45) is 0. The Morgan fingerprint density at radius 1 is 1.14 bits per heavy atom. The molecule has 22 heavy (non-hydrogen) atoms. The third-order valence-corrected chi connectivity index (χ3v) is 3.55. The number of benzene rings is 1. The van der Waals surface area contributed by atoms with Crippen LogP contribution in [0.5, 0.6) is 0 Å². The first-order valence-electron chi connectivity index (χ1n) is 7.80. The van der Waals surface area contributed by atoms with Gasteiger partial charge in [0, 0.05) is 30.5 Å². The lowest BCUT2D eigenvalue weighted by Gasteiger charge is -2.21. The molecule has 0 fully saturated rings. The molecule has 5 nitrogen and oxygen atoms in total. The van der Waals surface area contributed by atoms with E-state index in [-0.39, 0.29) is 0 Å². The van der Waals surface area contributed by atoms with Gasteiger partial charge in [-0.15, -0.1) is 0 Å². The molecule has 0 radical (unpaired) electrons. The first kappa shape index (κ1) is 16.1. The molecular weight excluding hydrogens is 274 g/mol. The first-order valence-corrected chi connectivity index (χ1v) is 7.80. The molecule has 0 bridgehead atoms. The zero-order valence-electron chi connectivity index (χ0n) is 13.8. The van der Waals surface area contributed by atoms with Gasteiger partial charge < -0.3 is 16.0 Å². The van der Waals surface area contributed by atoms with Gasteiger partial charge in [-0.2, -0.15) is 4.98 Å². The highest BCUT2D eigenvalue weighted by Gasteiger charge is 2.11. The molecule has 1 aromatic heterocycles. The minimum Gasteiger partial charge on any atom is -0.399 e. The Bertz CT molecular complexity index is 620. The summed E-state index contributed by atoms with van der Waals surface area (Å²) in [6, 6.07) is 9.68. The molecule has 1 aromatic carbocycles. The average molecular weight is 299 g/mol. The summed E-state index contributed by atoms with van der Waals surface area (Å²) in [4.78, 5) is 11.5. The van der Waals surface area contributed by atoms with Gasteiger partial charge in [0.2, 0.25) is 5.95 Å². The summed E-state index contributed by atoms with van der Waals surface area (Å²) in [5, 5.41) is 3.25. The number of anilines is 4. The fourth-order valence-corrected chi connectivity index (χ4v) is 2.26. The Kier molecular flexibility index (Phi) is 5.20. The lowest BCUT2D eigenvalue weighted by molar-refractivity contribution is 0.796. The van der Waals surface area contributed by atoms with Gasteiger partial charge in [0.15, 0.2) is 0 Å². The summed E-state index contributed by atoms with van der Waals surface area (Å²) < 4.78 is 0. The summed E-state index contributed by atoms with van der Waals surface area (Å²) in [6.45, 7) is 10.4. The molecule has 2 rings (SSSR count). The van der Waals surface area contributed by atoms with E-state index in [4.69, 9.17) is 5.73 Å². The van der Waals surface area contributed by atoms with E-state index in [9.17, 15) is 0 Å². The minimum atomic E-state index is 0.346. The Labute approximate surface area is 132 Å². The van der Waals surface area contributed by atoms with Crippen LogP contribution in [0.1, 0.15) is 39.3 Å². The monoisotopic (exact) mass is 299 g/mol. The van der Waals surface area contributed by atoms with Crippen LogP contribution in [0, 0.1) is 0 Å². The van der Waals surface area contributed by atoms with Crippen molar-refractivity contribution < 1.29 is 0 Å². The third-order valence-electron chi connectivity index (χ3n) is 3.55. The van der Waals surface area contributed by atoms with Gasteiger partial charge in [0.1, 0.15) is 5.82 Å². The van der Waals surface area contributed by atoms with Crippen LogP contribution in [0.4, 0.5) is 23.1 Å². The topological polar surface area (TPSA) is 67.1 Å². The molecule has 3 N–H and O–H groups in total. The molecule has 5 heteroatoms. The Hall–Kier alpha value is -2.30. The minimum absolute atomic E-state index is 0.346. The molecule has 0 saturated heterocycles. The number of aromatic nitrogens is 2. The van der Waals surface area contributed by atoms with Crippen LogP contribution in [0.25, 0.3) is 0 Å². The van der Waals surface area contributed by atoms with Gasteiger partial charge >= 0.3 is 0 Å². The summed E-state index contributed by atoms with van der Waals surface area (Å²) in [5.41, 5.74) is 8.46. The van der Waals surface area contributed by atoms with Crippen LogP contribution < -0.4 is 16.0 Å². The van der Waals surface area contributed by atoms with Gasteiger partial charge in [0.05, 0.1) is 5.69 Å². The van der Waals surface area contributed by atoms with Crippen molar-refractivity contribution >= 4 is 23.1 Å². The second-order valence-electron chi connectivity index (χ2n) is 5.55. The number of nitrogens with zero attached hydrogens (tertiary/aromatic N) is 3. The maximum atomic E-state index is 5.82. The molecule has 1 heterocycles. The van der Waals surface area contributed by atoms with E-state index in [0.717, 1.165) is 30.3 Å². The van der Waals surface area contributed by atoms with E-state index in [1.807, 2.05) is 24.3 Å². The van der Waals surface area contributed by atoms with E-state index in [1.54, 1.807) is 0 Å². The second kappa shape index (κ2) is 7.11. The standard InChI is InChI=1S/C17H25N5/c1-5-22(6-2)16-11-15(12(3)4)20-17(21-16)19-14-9-7-8-13(18)10-14/h7-12H,5-6,18H2,1-4H3,(H,19,20,21). The fourth-order valence-electron chi connectivity index (χ4n) is 2.26. The molecule has 0 aliphatic heterocycles.